The van der Waals surface area contributed by atoms with E-state index in [1.807, 2.05) is 13.8 Å². The molecular weight excluding hydrogens is 224 g/mol. The Kier molecular flexibility index (Phi) is 4.62. The highest BCUT2D eigenvalue weighted by molar-refractivity contribution is 5.83. The van der Waals surface area contributed by atoms with E-state index < -0.39 is 12.0 Å². The summed E-state index contributed by atoms with van der Waals surface area (Å²) in [6.45, 7) is 3.78. The number of hydrogen-bond donors (Lipinski definition) is 2. The van der Waals surface area contributed by atoms with Crippen molar-refractivity contribution in [3.63, 3.8) is 0 Å². The number of carboxylic acids is 1. The van der Waals surface area contributed by atoms with E-state index in [9.17, 15) is 9.59 Å². The molecule has 0 bridgehead atoms. The standard InChI is InChI=1S/C10H16N4O3/c1-7(2)5-8(10(16)17)12-9(15)6-14-4-3-11-13-14/h3-4,7-8H,5-6H2,1-2H3,(H,12,15)(H,16,17)/t8-/m0/s1. The van der Waals surface area contributed by atoms with Gasteiger partial charge in [-0.2, -0.15) is 0 Å². The van der Waals surface area contributed by atoms with Crippen LogP contribution in [0.1, 0.15) is 20.3 Å². The maximum absolute atomic E-state index is 11.5. The van der Waals surface area contributed by atoms with Gasteiger partial charge in [0.1, 0.15) is 12.6 Å². The van der Waals surface area contributed by atoms with Gasteiger partial charge >= 0.3 is 5.97 Å². The van der Waals surface area contributed by atoms with Gasteiger partial charge in [0, 0.05) is 6.20 Å². The molecule has 0 saturated carbocycles. The lowest BCUT2D eigenvalue weighted by Gasteiger charge is -2.16. The quantitative estimate of drug-likeness (QED) is 0.723. The number of carbonyl (C=O) groups excluding carboxylic acids is 1. The molecule has 0 aliphatic heterocycles. The Morgan fingerprint density at radius 3 is 2.65 bits per heavy atom. The Balaban J connectivity index is 2.49. The Labute approximate surface area is 98.8 Å². The molecule has 2 N–H and O–H groups in total. The van der Waals surface area contributed by atoms with Crippen LogP contribution in [0.15, 0.2) is 12.4 Å². The highest BCUT2D eigenvalue weighted by Crippen LogP contribution is 2.04. The van der Waals surface area contributed by atoms with Gasteiger partial charge in [0.15, 0.2) is 0 Å². The van der Waals surface area contributed by atoms with Crippen LogP contribution in [0.3, 0.4) is 0 Å². The molecule has 7 heteroatoms. The topological polar surface area (TPSA) is 97.1 Å². The molecule has 1 heterocycles. The number of aromatic nitrogens is 3. The fourth-order valence-corrected chi connectivity index (χ4v) is 1.40. The van der Waals surface area contributed by atoms with E-state index in [1.54, 1.807) is 0 Å². The number of rotatable bonds is 6. The van der Waals surface area contributed by atoms with Crippen molar-refractivity contribution in [1.29, 1.82) is 0 Å². The summed E-state index contributed by atoms with van der Waals surface area (Å²) in [5, 5.41) is 18.6. The molecule has 94 valence electrons. The van der Waals surface area contributed by atoms with E-state index in [0.717, 1.165) is 0 Å². The summed E-state index contributed by atoms with van der Waals surface area (Å²) in [6.07, 6.45) is 3.40. The summed E-state index contributed by atoms with van der Waals surface area (Å²) in [5.74, 6) is -1.21. The predicted molar refractivity (Wildman–Crippen MR) is 59.0 cm³/mol. The first-order chi connectivity index (χ1) is 7.99. The van der Waals surface area contributed by atoms with Crippen molar-refractivity contribution in [2.75, 3.05) is 0 Å². The number of nitrogens with zero attached hydrogens (tertiary/aromatic N) is 3. The summed E-state index contributed by atoms with van der Waals surface area (Å²) < 4.78 is 1.34. The fourth-order valence-electron chi connectivity index (χ4n) is 1.40. The zero-order valence-corrected chi connectivity index (χ0v) is 9.83. The zero-order valence-electron chi connectivity index (χ0n) is 9.83. The minimum Gasteiger partial charge on any atom is -0.480 e. The highest BCUT2D eigenvalue weighted by atomic mass is 16.4. The van der Waals surface area contributed by atoms with Crippen LogP contribution in [0, 0.1) is 5.92 Å². The largest absolute Gasteiger partial charge is 0.480 e. The van der Waals surface area contributed by atoms with Gasteiger partial charge < -0.3 is 10.4 Å². The second-order valence-corrected chi connectivity index (χ2v) is 4.19. The average molecular weight is 240 g/mol. The fraction of sp³-hybridized carbons (Fsp3) is 0.600. The van der Waals surface area contributed by atoms with Crippen LogP contribution in [0.4, 0.5) is 0 Å². The van der Waals surface area contributed by atoms with Gasteiger partial charge in [-0.25, -0.2) is 9.48 Å². The minimum atomic E-state index is -1.02. The lowest BCUT2D eigenvalue weighted by atomic mass is 10.0. The van der Waals surface area contributed by atoms with Crippen molar-refractivity contribution < 1.29 is 14.7 Å². The van der Waals surface area contributed by atoms with Crippen LogP contribution >= 0.6 is 0 Å². The lowest BCUT2D eigenvalue weighted by Crippen LogP contribution is -2.43. The first kappa shape index (κ1) is 13.1. The van der Waals surface area contributed by atoms with E-state index in [4.69, 9.17) is 5.11 Å². The van der Waals surface area contributed by atoms with E-state index in [0.29, 0.717) is 6.42 Å². The van der Waals surface area contributed by atoms with Gasteiger partial charge in [-0.1, -0.05) is 19.1 Å². The smallest absolute Gasteiger partial charge is 0.326 e. The van der Waals surface area contributed by atoms with Crippen LogP contribution < -0.4 is 5.32 Å². The van der Waals surface area contributed by atoms with Crippen LogP contribution in [0.5, 0.6) is 0 Å². The van der Waals surface area contributed by atoms with Crippen molar-refractivity contribution in [3.8, 4) is 0 Å². The van der Waals surface area contributed by atoms with Crippen molar-refractivity contribution in [3.05, 3.63) is 12.4 Å². The van der Waals surface area contributed by atoms with Crippen LogP contribution in [-0.2, 0) is 16.1 Å². The summed E-state index contributed by atoms with van der Waals surface area (Å²) >= 11 is 0. The third kappa shape index (κ3) is 4.62. The summed E-state index contributed by atoms with van der Waals surface area (Å²) in [5.41, 5.74) is 0. The minimum absolute atomic E-state index is 0.0259. The van der Waals surface area contributed by atoms with Gasteiger partial charge in [-0.15, -0.1) is 5.10 Å². The number of amides is 1. The third-order valence-corrected chi connectivity index (χ3v) is 2.12. The predicted octanol–water partition coefficient (Wildman–Crippen LogP) is -0.106. The second kappa shape index (κ2) is 5.97. The highest BCUT2D eigenvalue weighted by Gasteiger charge is 2.21. The molecule has 0 fully saturated rings. The molecule has 0 saturated heterocycles. The van der Waals surface area contributed by atoms with Crippen LogP contribution in [0.25, 0.3) is 0 Å². The average Bonchev–Trinajstić information content (AvgIpc) is 2.68. The van der Waals surface area contributed by atoms with E-state index in [2.05, 4.69) is 15.6 Å². The van der Waals surface area contributed by atoms with Gasteiger partial charge in [0.2, 0.25) is 5.91 Å². The molecule has 17 heavy (non-hydrogen) atoms. The first-order valence-electron chi connectivity index (χ1n) is 5.35. The number of nitrogens with one attached hydrogen (secondary N) is 1. The maximum Gasteiger partial charge on any atom is 0.326 e. The Hall–Kier alpha value is -1.92. The van der Waals surface area contributed by atoms with E-state index in [-0.39, 0.29) is 18.4 Å². The molecule has 0 aliphatic carbocycles. The molecular formula is C10H16N4O3. The second-order valence-electron chi connectivity index (χ2n) is 4.19. The van der Waals surface area contributed by atoms with Gasteiger partial charge in [0.25, 0.3) is 0 Å². The molecule has 1 atom stereocenters. The van der Waals surface area contributed by atoms with Crippen molar-refractivity contribution in [2.45, 2.75) is 32.9 Å². The molecule has 0 spiro atoms. The van der Waals surface area contributed by atoms with Gasteiger partial charge in [-0.3, -0.25) is 4.79 Å². The van der Waals surface area contributed by atoms with Crippen molar-refractivity contribution in [2.24, 2.45) is 5.92 Å². The monoisotopic (exact) mass is 240 g/mol. The summed E-state index contributed by atoms with van der Waals surface area (Å²) in [7, 11) is 0. The van der Waals surface area contributed by atoms with Gasteiger partial charge in [-0.05, 0) is 12.3 Å². The molecule has 1 amide bonds. The Morgan fingerprint density at radius 2 is 2.18 bits per heavy atom. The molecule has 1 aromatic rings. The number of aliphatic carboxylic acids is 1. The Bertz CT molecular complexity index is 375. The molecule has 7 nitrogen and oxygen atoms in total. The van der Waals surface area contributed by atoms with E-state index >= 15 is 0 Å². The Morgan fingerprint density at radius 1 is 1.47 bits per heavy atom. The molecule has 0 unspecified atom stereocenters. The maximum atomic E-state index is 11.5. The number of hydrogen-bond acceptors (Lipinski definition) is 4. The van der Waals surface area contributed by atoms with Crippen molar-refractivity contribution in [1.82, 2.24) is 20.3 Å². The number of carboxylic acid groups (broad SMARTS) is 1. The normalized spacial score (nSPS) is 12.4. The van der Waals surface area contributed by atoms with Crippen molar-refractivity contribution >= 4 is 11.9 Å². The molecule has 0 aliphatic rings. The summed E-state index contributed by atoms with van der Waals surface area (Å²) in [6, 6.07) is -0.856. The molecule has 1 aromatic heterocycles. The molecule has 0 radical (unpaired) electrons. The van der Waals surface area contributed by atoms with Crippen LogP contribution in [-0.4, -0.2) is 38.0 Å². The van der Waals surface area contributed by atoms with Gasteiger partial charge in [0.05, 0.1) is 6.20 Å². The molecule has 0 aromatic carbocycles. The SMILES string of the molecule is CC(C)C[C@H](NC(=O)Cn1ccnn1)C(=O)O. The third-order valence-electron chi connectivity index (χ3n) is 2.12. The number of carbonyl (C=O) groups is 2. The van der Waals surface area contributed by atoms with E-state index in [1.165, 1.54) is 17.1 Å². The van der Waals surface area contributed by atoms with Crippen LogP contribution in [0.2, 0.25) is 0 Å². The molecule has 1 rings (SSSR count). The lowest BCUT2D eigenvalue weighted by molar-refractivity contribution is -0.142. The summed E-state index contributed by atoms with van der Waals surface area (Å²) in [4.78, 5) is 22.5. The zero-order chi connectivity index (χ0) is 12.8. The first-order valence-corrected chi connectivity index (χ1v) is 5.35.